The van der Waals surface area contributed by atoms with Crippen LogP contribution in [0.15, 0.2) is 77.6 Å². The third-order valence-corrected chi connectivity index (χ3v) is 4.69. The van der Waals surface area contributed by atoms with E-state index in [1.54, 1.807) is 12.2 Å². The molecule has 0 aromatic rings. The van der Waals surface area contributed by atoms with Gasteiger partial charge in [0.15, 0.2) is 24.9 Å². The maximum absolute atomic E-state index is 10.4. The molecule has 29 heavy (non-hydrogen) atoms. The van der Waals surface area contributed by atoms with Crippen molar-refractivity contribution in [2.45, 2.75) is 37.9 Å². The molecule has 4 atom stereocenters. The monoisotopic (exact) mass is 400 g/mol. The van der Waals surface area contributed by atoms with Crippen LogP contribution < -0.4 is 0 Å². The highest BCUT2D eigenvalue weighted by Gasteiger charge is 2.39. The van der Waals surface area contributed by atoms with Crippen molar-refractivity contribution in [2.24, 2.45) is 4.99 Å². The first-order valence-electron chi connectivity index (χ1n) is 9.62. The molecular formula is C22H28N2O5. The number of allylic oxidation sites excluding steroid dienone is 8. The Morgan fingerprint density at radius 3 is 2.79 bits per heavy atom. The number of hydrogen-bond acceptors (Lipinski definition) is 7. The van der Waals surface area contributed by atoms with E-state index in [1.165, 1.54) is 12.5 Å². The van der Waals surface area contributed by atoms with Crippen molar-refractivity contribution in [1.82, 2.24) is 4.90 Å². The zero-order valence-corrected chi connectivity index (χ0v) is 17.0. The summed E-state index contributed by atoms with van der Waals surface area (Å²) in [6.45, 7) is 2.24. The Morgan fingerprint density at radius 1 is 1.14 bits per heavy atom. The molecule has 3 heterocycles. The first-order chi connectivity index (χ1) is 14.0. The minimum Gasteiger partial charge on any atom is -0.483 e. The van der Waals surface area contributed by atoms with E-state index in [1.807, 2.05) is 57.5 Å². The number of fused-ring (bicyclic) bond motifs is 1. The van der Waals surface area contributed by atoms with E-state index in [2.05, 4.69) is 9.89 Å². The van der Waals surface area contributed by atoms with Crippen LogP contribution >= 0.6 is 0 Å². The molecule has 0 bridgehead atoms. The van der Waals surface area contributed by atoms with Gasteiger partial charge in [-0.15, -0.1) is 0 Å². The maximum Gasteiger partial charge on any atom is 0.194 e. The molecule has 0 amide bonds. The Hall–Kier alpha value is -2.61. The minimum absolute atomic E-state index is 0.0304. The summed E-state index contributed by atoms with van der Waals surface area (Å²) < 4.78 is 22.5. The molecule has 0 aromatic heterocycles. The Morgan fingerprint density at radius 2 is 1.97 bits per heavy atom. The number of aliphatic hydroxyl groups is 1. The number of hydrogen-bond donors (Lipinski definition) is 1. The molecule has 0 aromatic carbocycles. The predicted octanol–water partition coefficient (Wildman–Crippen LogP) is 2.80. The molecule has 1 unspecified atom stereocenters. The van der Waals surface area contributed by atoms with Gasteiger partial charge in [0.1, 0.15) is 17.7 Å². The van der Waals surface area contributed by atoms with Gasteiger partial charge in [0.05, 0.1) is 18.4 Å². The van der Waals surface area contributed by atoms with E-state index in [4.69, 9.17) is 18.9 Å². The highest BCUT2D eigenvalue weighted by molar-refractivity contribution is 6.07. The molecule has 1 fully saturated rings. The van der Waals surface area contributed by atoms with Crippen molar-refractivity contribution in [3.05, 3.63) is 72.7 Å². The number of likely N-dealkylation sites (N-methyl/N-ethyl adjacent to an activating group) is 1. The fraction of sp³-hybridized carbons (Fsp3) is 0.409. The van der Waals surface area contributed by atoms with E-state index in [0.29, 0.717) is 11.5 Å². The Kier molecular flexibility index (Phi) is 7.46. The van der Waals surface area contributed by atoms with Crippen LogP contribution in [0.25, 0.3) is 0 Å². The topological polar surface area (TPSA) is 72.8 Å². The lowest BCUT2D eigenvalue weighted by Gasteiger charge is -2.41. The summed E-state index contributed by atoms with van der Waals surface area (Å²) in [6, 6.07) is 0.0304. The minimum atomic E-state index is -1.000. The number of ether oxygens (including phenoxy) is 4. The smallest absolute Gasteiger partial charge is 0.194 e. The molecule has 3 aliphatic rings. The van der Waals surface area contributed by atoms with Gasteiger partial charge in [-0.2, -0.15) is 0 Å². The van der Waals surface area contributed by atoms with Gasteiger partial charge in [-0.05, 0) is 51.7 Å². The Balaban J connectivity index is 1.78. The van der Waals surface area contributed by atoms with Crippen molar-refractivity contribution < 1.29 is 24.1 Å². The normalized spacial score (nSPS) is 35.0. The molecule has 0 aliphatic carbocycles. The van der Waals surface area contributed by atoms with E-state index >= 15 is 0 Å². The third kappa shape index (κ3) is 5.93. The second kappa shape index (κ2) is 10.2. The van der Waals surface area contributed by atoms with Crippen LogP contribution in [-0.4, -0.2) is 61.1 Å². The summed E-state index contributed by atoms with van der Waals surface area (Å²) in [5.41, 5.74) is 0.724. The second-order valence-corrected chi connectivity index (χ2v) is 7.12. The van der Waals surface area contributed by atoms with Crippen LogP contribution in [0.4, 0.5) is 0 Å². The van der Waals surface area contributed by atoms with Crippen LogP contribution in [0, 0.1) is 0 Å². The maximum atomic E-state index is 10.4. The lowest BCUT2D eigenvalue weighted by atomic mass is 9.99. The fourth-order valence-electron chi connectivity index (χ4n) is 3.22. The lowest BCUT2D eigenvalue weighted by molar-refractivity contribution is -0.233. The molecular weight excluding hydrogens is 372 g/mol. The second-order valence-electron chi connectivity index (χ2n) is 7.12. The molecule has 156 valence electrons. The van der Waals surface area contributed by atoms with Crippen molar-refractivity contribution in [3.63, 3.8) is 0 Å². The average Bonchev–Trinajstić information content (AvgIpc) is 3.12. The highest BCUT2D eigenvalue weighted by atomic mass is 16.6. The SMILES string of the molecule is C[C@@H]1C[C@H](N(C)C)[C@@H](OC2=C/C=C\C=C/C3=NCO/C3=C/O/C=C/C=C2)C(O)O1. The summed E-state index contributed by atoms with van der Waals surface area (Å²) in [7, 11) is 3.96. The molecule has 3 rings (SSSR count). The summed E-state index contributed by atoms with van der Waals surface area (Å²) >= 11 is 0. The van der Waals surface area contributed by atoms with Gasteiger partial charge in [-0.3, -0.25) is 0 Å². The van der Waals surface area contributed by atoms with Crippen LogP contribution in [0.5, 0.6) is 0 Å². The first kappa shape index (κ1) is 21.1. The standard InChI is InChI=1S/C22H28N2O5/c1-16-13-19(24(2)3)21(22(25)28-16)29-17-9-5-4-6-11-18-20(27-15-23-18)14-26-12-8-7-10-17/h4-12,14,16,19,21-22,25H,13,15H2,1-3H3/b5-4-,10-7?,11-6-,12-8+,17-9?,20-14+/t16-,19+,21-,22?/m1/s1. The summed E-state index contributed by atoms with van der Waals surface area (Å²) in [5.74, 6) is 1.19. The molecule has 1 N–H and O–H groups in total. The zero-order chi connectivity index (χ0) is 20.6. The third-order valence-electron chi connectivity index (χ3n) is 4.69. The van der Waals surface area contributed by atoms with Crippen LogP contribution in [0.1, 0.15) is 13.3 Å². The van der Waals surface area contributed by atoms with Gasteiger partial charge in [0.2, 0.25) is 0 Å². The number of aliphatic hydroxyl groups excluding tert-OH is 1. The van der Waals surface area contributed by atoms with E-state index in [-0.39, 0.29) is 18.9 Å². The molecule has 3 aliphatic heterocycles. The Labute approximate surface area is 171 Å². The lowest BCUT2D eigenvalue weighted by Crippen LogP contribution is -2.54. The van der Waals surface area contributed by atoms with Gasteiger partial charge in [0.25, 0.3) is 0 Å². The van der Waals surface area contributed by atoms with Crippen molar-refractivity contribution in [2.75, 3.05) is 20.8 Å². The largest absolute Gasteiger partial charge is 0.483 e. The predicted molar refractivity (Wildman–Crippen MR) is 111 cm³/mol. The molecule has 0 radical (unpaired) electrons. The molecule has 0 saturated carbocycles. The summed E-state index contributed by atoms with van der Waals surface area (Å²) in [6.07, 6.45) is 16.9. The quantitative estimate of drug-likeness (QED) is 0.785. The van der Waals surface area contributed by atoms with Crippen molar-refractivity contribution >= 4 is 5.71 Å². The fourth-order valence-corrected chi connectivity index (χ4v) is 3.22. The summed E-state index contributed by atoms with van der Waals surface area (Å²) in [4.78, 5) is 6.32. The number of aliphatic imine (C=N–C) groups is 1. The van der Waals surface area contributed by atoms with Gasteiger partial charge < -0.3 is 29.0 Å². The van der Waals surface area contributed by atoms with E-state index < -0.39 is 12.4 Å². The van der Waals surface area contributed by atoms with Gasteiger partial charge in [0, 0.05) is 0 Å². The average molecular weight is 400 g/mol. The van der Waals surface area contributed by atoms with E-state index in [9.17, 15) is 5.11 Å². The molecule has 7 heteroatoms. The molecule has 0 spiro atoms. The summed E-state index contributed by atoms with van der Waals surface area (Å²) in [5, 5.41) is 10.4. The van der Waals surface area contributed by atoms with Crippen molar-refractivity contribution in [1.29, 1.82) is 0 Å². The van der Waals surface area contributed by atoms with E-state index in [0.717, 1.165) is 12.1 Å². The number of rotatable bonds is 3. The Bertz CT molecular complexity index is 776. The van der Waals surface area contributed by atoms with Crippen LogP contribution in [0.3, 0.4) is 0 Å². The van der Waals surface area contributed by atoms with Crippen molar-refractivity contribution in [3.8, 4) is 0 Å². The number of nitrogens with zero attached hydrogens (tertiary/aromatic N) is 2. The van der Waals surface area contributed by atoms with Crippen LogP contribution in [0.2, 0.25) is 0 Å². The highest BCUT2D eigenvalue weighted by Crippen LogP contribution is 2.26. The van der Waals surface area contributed by atoms with Gasteiger partial charge in [-0.1, -0.05) is 24.3 Å². The van der Waals surface area contributed by atoms with Gasteiger partial charge >= 0.3 is 0 Å². The van der Waals surface area contributed by atoms with Gasteiger partial charge in [-0.25, -0.2) is 4.99 Å². The first-order valence-corrected chi connectivity index (χ1v) is 9.62. The molecule has 1 saturated heterocycles. The zero-order valence-electron chi connectivity index (χ0n) is 17.0. The molecule has 7 nitrogen and oxygen atoms in total. The van der Waals surface area contributed by atoms with Crippen LogP contribution in [-0.2, 0) is 18.9 Å².